The largest absolute Gasteiger partial charge is 0.493 e. The lowest BCUT2D eigenvalue weighted by atomic mass is 10.1. The van der Waals surface area contributed by atoms with Crippen molar-refractivity contribution in [2.24, 2.45) is 0 Å². The quantitative estimate of drug-likeness (QED) is 0.376. The minimum Gasteiger partial charge on any atom is -0.493 e. The Balaban J connectivity index is 1.37. The Morgan fingerprint density at radius 3 is 2.03 bits per heavy atom. The van der Waals surface area contributed by atoms with Crippen LogP contribution in [0.1, 0.15) is 12.0 Å². The molecule has 4 nitrogen and oxygen atoms in total. The summed E-state index contributed by atoms with van der Waals surface area (Å²) in [6.45, 7) is 3.10. The molecule has 1 heterocycles. The number of para-hydroxylation sites is 2. The van der Waals surface area contributed by atoms with Gasteiger partial charge in [0.25, 0.3) is 0 Å². The summed E-state index contributed by atoms with van der Waals surface area (Å²) in [5, 5.41) is 2.69. The van der Waals surface area contributed by atoms with Gasteiger partial charge < -0.3 is 18.9 Å². The van der Waals surface area contributed by atoms with Crippen molar-refractivity contribution >= 4 is 21.8 Å². The molecule has 0 aliphatic carbocycles. The van der Waals surface area contributed by atoms with Crippen LogP contribution in [0, 0.1) is 0 Å². The Kier molecular flexibility index (Phi) is 6.24. The molecule has 4 rings (SSSR count). The van der Waals surface area contributed by atoms with E-state index in [2.05, 4.69) is 77.2 Å². The van der Waals surface area contributed by atoms with E-state index in [1.165, 1.54) is 27.4 Å². The van der Waals surface area contributed by atoms with Gasteiger partial charge in [-0.15, -0.1) is 0 Å². The van der Waals surface area contributed by atoms with Gasteiger partial charge in [-0.25, -0.2) is 0 Å². The van der Waals surface area contributed by atoms with E-state index >= 15 is 0 Å². The molecule has 156 valence electrons. The lowest BCUT2D eigenvalue weighted by molar-refractivity contribution is 0.326. The van der Waals surface area contributed by atoms with Crippen molar-refractivity contribution in [1.29, 1.82) is 0 Å². The maximum atomic E-state index is 5.42. The van der Waals surface area contributed by atoms with Gasteiger partial charge in [0.05, 0.1) is 14.2 Å². The number of nitrogens with zero attached hydrogens (tertiary/aromatic N) is 2. The van der Waals surface area contributed by atoms with Crippen LogP contribution in [0.25, 0.3) is 21.8 Å². The molecular formula is C26H30N2O2. The maximum absolute atomic E-state index is 5.42. The Labute approximate surface area is 178 Å². The number of rotatable bonds is 9. The zero-order chi connectivity index (χ0) is 20.9. The van der Waals surface area contributed by atoms with Crippen molar-refractivity contribution < 1.29 is 9.47 Å². The van der Waals surface area contributed by atoms with Gasteiger partial charge in [0.15, 0.2) is 11.5 Å². The minimum absolute atomic E-state index is 0.779. The molecule has 4 heteroatoms. The second-order valence-corrected chi connectivity index (χ2v) is 7.78. The van der Waals surface area contributed by atoms with Gasteiger partial charge in [-0.2, -0.15) is 0 Å². The summed E-state index contributed by atoms with van der Waals surface area (Å²) < 4.78 is 13.2. The summed E-state index contributed by atoms with van der Waals surface area (Å²) >= 11 is 0. The fourth-order valence-corrected chi connectivity index (χ4v) is 4.21. The van der Waals surface area contributed by atoms with E-state index in [0.29, 0.717) is 0 Å². The first-order chi connectivity index (χ1) is 14.7. The van der Waals surface area contributed by atoms with Crippen LogP contribution in [-0.2, 0) is 13.0 Å². The number of hydrogen-bond acceptors (Lipinski definition) is 3. The van der Waals surface area contributed by atoms with Crippen molar-refractivity contribution in [2.45, 2.75) is 19.4 Å². The Hall–Kier alpha value is -2.98. The lowest BCUT2D eigenvalue weighted by Gasteiger charge is -2.18. The second kappa shape index (κ2) is 9.23. The molecule has 1 aromatic heterocycles. The van der Waals surface area contributed by atoms with Crippen molar-refractivity contribution in [3.05, 3.63) is 72.3 Å². The fraction of sp³-hybridized carbons (Fsp3) is 0.308. The van der Waals surface area contributed by atoms with E-state index in [9.17, 15) is 0 Å². The molecule has 0 amide bonds. The molecule has 3 aromatic carbocycles. The number of likely N-dealkylation sites (N-methyl/N-ethyl adjacent to an activating group) is 1. The van der Waals surface area contributed by atoms with Crippen LogP contribution in [0.3, 0.4) is 0 Å². The fourth-order valence-electron chi connectivity index (χ4n) is 4.21. The third-order valence-electron chi connectivity index (χ3n) is 5.83. The number of methoxy groups -OCH3 is 2. The van der Waals surface area contributed by atoms with E-state index in [-0.39, 0.29) is 0 Å². The molecule has 0 atom stereocenters. The van der Waals surface area contributed by atoms with Crippen molar-refractivity contribution in [3.8, 4) is 11.5 Å². The molecule has 4 aromatic rings. The van der Waals surface area contributed by atoms with Gasteiger partial charge in [0.1, 0.15) is 0 Å². The summed E-state index contributed by atoms with van der Waals surface area (Å²) in [7, 11) is 5.55. The SMILES string of the molecule is COc1ccc(CCN(C)CCCn2c3ccccc3c3ccccc32)cc1OC. The Morgan fingerprint density at radius 2 is 1.40 bits per heavy atom. The van der Waals surface area contributed by atoms with Gasteiger partial charge in [-0.3, -0.25) is 0 Å². The van der Waals surface area contributed by atoms with Crippen molar-refractivity contribution in [2.75, 3.05) is 34.4 Å². The molecule has 0 aliphatic heterocycles. The predicted molar refractivity (Wildman–Crippen MR) is 125 cm³/mol. The molecule has 0 bridgehead atoms. The summed E-state index contributed by atoms with van der Waals surface area (Å²) in [6, 6.07) is 23.6. The molecule has 0 saturated carbocycles. The number of aryl methyl sites for hydroxylation is 1. The molecule has 30 heavy (non-hydrogen) atoms. The molecule has 0 fully saturated rings. The average molecular weight is 403 g/mol. The van der Waals surface area contributed by atoms with E-state index < -0.39 is 0 Å². The number of benzene rings is 3. The summed E-state index contributed by atoms with van der Waals surface area (Å²) in [5.41, 5.74) is 3.92. The number of hydrogen-bond donors (Lipinski definition) is 0. The Morgan fingerprint density at radius 1 is 0.767 bits per heavy atom. The monoisotopic (exact) mass is 402 g/mol. The third kappa shape index (κ3) is 4.14. The van der Waals surface area contributed by atoms with E-state index in [4.69, 9.17) is 9.47 Å². The Bertz CT molecular complexity index is 1080. The first kappa shape index (κ1) is 20.3. The molecule has 0 spiro atoms. The standard InChI is InChI=1S/C26H30N2O2/c1-27(18-15-20-13-14-25(29-2)26(19-20)30-3)16-8-17-28-23-11-6-4-9-21(23)22-10-5-7-12-24(22)28/h4-7,9-14,19H,8,15-18H2,1-3H3. The minimum atomic E-state index is 0.779. The molecular weight excluding hydrogens is 372 g/mol. The van der Waals surface area contributed by atoms with Crippen LogP contribution in [0.5, 0.6) is 11.5 Å². The highest BCUT2D eigenvalue weighted by Crippen LogP contribution is 2.29. The van der Waals surface area contributed by atoms with Gasteiger partial charge in [-0.1, -0.05) is 42.5 Å². The lowest BCUT2D eigenvalue weighted by Crippen LogP contribution is -2.23. The van der Waals surface area contributed by atoms with Gasteiger partial charge in [-0.05, 0) is 56.3 Å². The van der Waals surface area contributed by atoms with Gasteiger partial charge in [0.2, 0.25) is 0 Å². The maximum Gasteiger partial charge on any atom is 0.160 e. The first-order valence-electron chi connectivity index (χ1n) is 10.6. The number of aromatic nitrogens is 1. The van der Waals surface area contributed by atoms with Gasteiger partial charge in [0, 0.05) is 34.9 Å². The zero-order valence-corrected chi connectivity index (χ0v) is 18.1. The second-order valence-electron chi connectivity index (χ2n) is 7.78. The predicted octanol–water partition coefficient (Wildman–Crippen LogP) is 5.38. The van der Waals surface area contributed by atoms with Crippen LogP contribution in [0.2, 0.25) is 0 Å². The third-order valence-corrected chi connectivity index (χ3v) is 5.83. The molecule has 0 unspecified atom stereocenters. The van der Waals surface area contributed by atoms with Crippen LogP contribution in [0.4, 0.5) is 0 Å². The summed E-state index contributed by atoms with van der Waals surface area (Å²) in [5.74, 6) is 1.57. The first-order valence-corrected chi connectivity index (χ1v) is 10.6. The smallest absolute Gasteiger partial charge is 0.160 e. The topological polar surface area (TPSA) is 26.6 Å². The number of fused-ring (bicyclic) bond motifs is 3. The van der Waals surface area contributed by atoms with E-state index in [0.717, 1.165) is 44.0 Å². The van der Waals surface area contributed by atoms with Crippen LogP contribution < -0.4 is 9.47 Å². The highest BCUT2D eigenvalue weighted by molar-refractivity contribution is 6.07. The molecule has 0 N–H and O–H groups in total. The number of ether oxygens (including phenoxy) is 2. The average Bonchev–Trinajstić information content (AvgIpc) is 3.11. The molecule has 0 aliphatic rings. The summed E-state index contributed by atoms with van der Waals surface area (Å²) in [4.78, 5) is 2.41. The highest BCUT2D eigenvalue weighted by Gasteiger charge is 2.10. The van der Waals surface area contributed by atoms with Crippen molar-refractivity contribution in [1.82, 2.24) is 9.47 Å². The zero-order valence-electron chi connectivity index (χ0n) is 18.1. The van der Waals surface area contributed by atoms with Crippen LogP contribution >= 0.6 is 0 Å². The summed E-state index contributed by atoms with van der Waals surface area (Å²) in [6.07, 6.45) is 2.11. The van der Waals surface area contributed by atoms with Crippen LogP contribution in [0.15, 0.2) is 66.7 Å². The molecule has 0 radical (unpaired) electrons. The van der Waals surface area contributed by atoms with E-state index in [1.54, 1.807) is 14.2 Å². The van der Waals surface area contributed by atoms with Crippen LogP contribution in [-0.4, -0.2) is 43.8 Å². The van der Waals surface area contributed by atoms with Crippen molar-refractivity contribution in [3.63, 3.8) is 0 Å². The normalized spacial score (nSPS) is 11.5. The van der Waals surface area contributed by atoms with E-state index in [1.807, 2.05) is 6.07 Å². The molecule has 0 saturated heterocycles. The highest BCUT2D eigenvalue weighted by atomic mass is 16.5. The van der Waals surface area contributed by atoms with Gasteiger partial charge >= 0.3 is 0 Å².